The van der Waals surface area contributed by atoms with E-state index in [1.165, 1.54) is 0 Å². The lowest BCUT2D eigenvalue weighted by Crippen LogP contribution is -2.31. The Morgan fingerprint density at radius 2 is 1.93 bits per heavy atom. The van der Waals surface area contributed by atoms with Gasteiger partial charge in [0, 0.05) is 16.4 Å². The number of anilines is 2. The first-order valence-corrected chi connectivity index (χ1v) is 10.6. The fraction of sp³-hybridized carbons (Fsp3) is 0.190. The van der Waals surface area contributed by atoms with E-state index in [0.29, 0.717) is 27.4 Å². The standard InChI is InChI=1S/C21H20ClN5OS/c1-3-29-21-25-20-23-13(2)17(19(28)24-16-11-9-15(22)10-12-16)18(27(20)26-21)14-7-5-4-6-8-14/h4-12,18H,3H2,1-2H3,(H,24,28)(H,23,25,26). The first kappa shape index (κ1) is 19.5. The van der Waals surface area contributed by atoms with Crippen molar-refractivity contribution in [1.29, 1.82) is 0 Å². The second kappa shape index (κ2) is 8.31. The average molecular weight is 426 g/mol. The van der Waals surface area contributed by atoms with E-state index in [2.05, 4.69) is 27.6 Å². The number of amides is 1. The number of nitrogens with zero attached hydrogens (tertiary/aromatic N) is 3. The van der Waals surface area contributed by atoms with E-state index >= 15 is 0 Å². The number of nitrogens with one attached hydrogen (secondary N) is 2. The lowest BCUT2D eigenvalue weighted by atomic mass is 9.95. The van der Waals surface area contributed by atoms with Gasteiger partial charge in [-0.1, -0.05) is 60.6 Å². The Morgan fingerprint density at radius 1 is 1.21 bits per heavy atom. The van der Waals surface area contributed by atoms with Crippen molar-refractivity contribution in [2.75, 3.05) is 16.4 Å². The average Bonchev–Trinajstić information content (AvgIpc) is 3.11. The van der Waals surface area contributed by atoms with Crippen molar-refractivity contribution in [2.45, 2.75) is 25.0 Å². The third kappa shape index (κ3) is 4.02. The van der Waals surface area contributed by atoms with Crippen LogP contribution in [-0.2, 0) is 4.79 Å². The lowest BCUT2D eigenvalue weighted by molar-refractivity contribution is -0.113. The molecule has 2 heterocycles. The minimum atomic E-state index is -0.376. The molecule has 0 aliphatic carbocycles. The lowest BCUT2D eigenvalue weighted by Gasteiger charge is -2.28. The van der Waals surface area contributed by atoms with Gasteiger partial charge in [-0.25, -0.2) is 4.68 Å². The zero-order chi connectivity index (χ0) is 20.4. The van der Waals surface area contributed by atoms with E-state index < -0.39 is 0 Å². The maximum Gasteiger partial charge on any atom is 0.255 e. The molecule has 1 unspecified atom stereocenters. The maximum atomic E-state index is 13.3. The normalized spacial score (nSPS) is 15.6. The Balaban J connectivity index is 1.75. The molecule has 148 valence electrons. The largest absolute Gasteiger partial charge is 0.328 e. The van der Waals surface area contributed by atoms with Crippen LogP contribution in [-0.4, -0.2) is 26.4 Å². The van der Waals surface area contributed by atoms with E-state index in [4.69, 9.17) is 11.6 Å². The van der Waals surface area contributed by atoms with E-state index in [0.717, 1.165) is 17.0 Å². The summed E-state index contributed by atoms with van der Waals surface area (Å²) >= 11 is 7.52. The van der Waals surface area contributed by atoms with Crippen molar-refractivity contribution in [3.8, 4) is 0 Å². The van der Waals surface area contributed by atoms with Gasteiger partial charge in [0.15, 0.2) is 0 Å². The number of aromatic nitrogens is 3. The molecule has 6 nitrogen and oxygen atoms in total. The summed E-state index contributed by atoms with van der Waals surface area (Å²) in [5.41, 5.74) is 2.99. The van der Waals surface area contributed by atoms with Crippen molar-refractivity contribution in [1.82, 2.24) is 14.8 Å². The number of rotatable bonds is 5. The Morgan fingerprint density at radius 3 is 2.62 bits per heavy atom. The molecule has 1 atom stereocenters. The highest BCUT2D eigenvalue weighted by atomic mass is 35.5. The summed E-state index contributed by atoms with van der Waals surface area (Å²) in [6, 6.07) is 16.5. The van der Waals surface area contributed by atoms with Gasteiger partial charge in [0.2, 0.25) is 11.1 Å². The molecule has 2 aromatic carbocycles. The highest BCUT2D eigenvalue weighted by Gasteiger charge is 2.34. The molecule has 1 amide bonds. The third-order valence-corrected chi connectivity index (χ3v) is 5.54. The van der Waals surface area contributed by atoms with Crippen molar-refractivity contribution in [3.63, 3.8) is 0 Å². The molecule has 8 heteroatoms. The van der Waals surface area contributed by atoms with Crippen LogP contribution in [0, 0.1) is 0 Å². The van der Waals surface area contributed by atoms with Gasteiger partial charge in [-0.3, -0.25) is 4.79 Å². The molecule has 0 saturated carbocycles. The number of benzene rings is 2. The third-order valence-electron chi connectivity index (χ3n) is 4.57. The van der Waals surface area contributed by atoms with Gasteiger partial charge < -0.3 is 10.6 Å². The number of halogens is 1. The van der Waals surface area contributed by atoms with Crippen molar-refractivity contribution >= 4 is 40.9 Å². The van der Waals surface area contributed by atoms with Crippen LogP contribution in [0.25, 0.3) is 0 Å². The van der Waals surface area contributed by atoms with Crippen LogP contribution in [0.4, 0.5) is 11.6 Å². The van der Waals surface area contributed by atoms with E-state index in [-0.39, 0.29) is 11.9 Å². The van der Waals surface area contributed by atoms with Crippen LogP contribution in [0.5, 0.6) is 0 Å². The number of hydrogen-bond donors (Lipinski definition) is 2. The SMILES string of the molecule is CCSc1nc2n(n1)C(c1ccccc1)C(C(=O)Nc1ccc(Cl)cc1)=C(C)N2. The molecule has 3 aromatic rings. The molecule has 0 bridgehead atoms. The van der Waals surface area contributed by atoms with Crippen molar-refractivity contribution < 1.29 is 4.79 Å². The minimum Gasteiger partial charge on any atom is -0.328 e. The number of fused-ring (bicyclic) bond motifs is 1. The van der Waals surface area contributed by atoms with Crippen LogP contribution >= 0.6 is 23.4 Å². The Bertz CT molecular complexity index is 1060. The predicted molar refractivity (Wildman–Crippen MR) is 117 cm³/mol. The summed E-state index contributed by atoms with van der Waals surface area (Å²) in [6.45, 7) is 3.94. The van der Waals surface area contributed by atoms with Gasteiger partial charge in [-0.2, -0.15) is 4.98 Å². The number of carbonyl (C=O) groups excluding carboxylic acids is 1. The summed E-state index contributed by atoms with van der Waals surface area (Å²) in [5, 5.41) is 12.2. The summed E-state index contributed by atoms with van der Waals surface area (Å²) in [7, 11) is 0. The van der Waals surface area contributed by atoms with Crippen LogP contribution in [0.1, 0.15) is 25.5 Å². The van der Waals surface area contributed by atoms with Gasteiger partial charge in [0.05, 0.1) is 5.57 Å². The fourth-order valence-electron chi connectivity index (χ4n) is 3.29. The highest BCUT2D eigenvalue weighted by molar-refractivity contribution is 7.99. The molecule has 0 radical (unpaired) electrons. The molecule has 0 spiro atoms. The second-order valence-electron chi connectivity index (χ2n) is 6.53. The molecule has 1 aliphatic heterocycles. The van der Waals surface area contributed by atoms with Gasteiger partial charge in [-0.15, -0.1) is 5.10 Å². The summed E-state index contributed by atoms with van der Waals surface area (Å²) in [5.74, 6) is 1.31. The van der Waals surface area contributed by atoms with Crippen LogP contribution in [0.15, 0.2) is 71.0 Å². The fourth-order valence-corrected chi connectivity index (χ4v) is 3.97. The number of allylic oxidation sites excluding steroid dienone is 1. The quantitative estimate of drug-likeness (QED) is 0.564. The minimum absolute atomic E-state index is 0.197. The zero-order valence-electron chi connectivity index (χ0n) is 16.0. The molecule has 4 rings (SSSR count). The van der Waals surface area contributed by atoms with Crippen molar-refractivity contribution in [2.24, 2.45) is 0 Å². The van der Waals surface area contributed by atoms with Gasteiger partial charge in [-0.05, 0) is 42.5 Å². The Kier molecular flexibility index (Phi) is 5.60. The molecule has 2 N–H and O–H groups in total. The van der Waals surface area contributed by atoms with Crippen LogP contribution < -0.4 is 10.6 Å². The Labute approximate surface area is 178 Å². The number of thioether (sulfide) groups is 1. The maximum absolute atomic E-state index is 13.3. The van der Waals surface area contributed by atoms with Crippen molar-refractivity contribution in [3.05, 3.63) is 76.5 Å². The molecular formula is C21H20ClN5OS. The topological polar surface area (TPSA) is 71.8 Å². The van der Waals surface area contributed by atoms with Gasteiger partial charge >= 0.3 is 0 Å². The second-order valence-corrected chi connectivity index (χ2v) is 8.20. The van der Waals surface area contributed by atoms with E-state index in [9.17, 15) is 4.79 Å². The first-order valence-electron chi connectivity index (χ1n) is 9.26. The number of hydrogen-bond acceptors (Lipinski definition) is 5. The highest BCUT2D eigenvalue weighted by Crippen LogP contribution is 2.36. The van der Waals surface area contributed by atoms with E-state index in [1.54, 1.807) is 40.7 Å². The molecule has 29 heavy (non-hydrogen) atoms. The molecule has 1 aliphatic rings. The molecule has 0 saturated heterocycles. The van der Waals surface area contributed by atoms with Crippen LogP contribution in [0.2, 0.25) is 5.02 Å². The summed E-state index contributed by atoms with van der Waals surface area (Å²) < 4.78 is 1.79. The molecule has 1 aromatic heterocycles. The summed E-state index contributed by atoms with van der Waals surface area (Å²) in [4.78, 5) is 17.9. The predicted octanol–water partition coefficient (Wildman–Crippen LogP) is 4.97. The Hall–Kier alpha value is -2.77. The van der Waals surface area contributed by atoms with E-state index in [1.807, 2.05) is 37.3 Å². The van der Waals surface area contributed by atoms with Gasteiger partial charge in [0.1, 0.15) is 6.04 Å². The van der Waals surface area contributed by atoms with Crippen LogP contribution in [0.3, 0.4) is 0 Å². The van der Waals surface area contributed by atoms with Gasteiger partial charge in [0.25, 0.3) is 5.91 Å². The molecular weight excluding hydrogens is 406 g/mol. The smallest absolute Gasteiger partial charge is 0.255 e. The zero-order valence-corrected chi connectivity index (χ0v) is 17.6. The number of carbonyl (C=O) groups is 1. The first-order chi connectivity index (χ1) is 14.1. The molecule has 0 fully saturated rings. The monoisotopic (exact) mass is 425 g/mol. The summed E-state index contributed by atoms with van der Waals surface area (Å²) in [6.07, 6.45) is 0.